The van der Waals surface area contributed by atoms with Gasteiger partial charge in [0.15, 0.2) is 0 Å². The summed E-state index contributed by atoms with van der Waals surface area (Å²) in [6.45, 7) is 3.05. The smallest absolute Gasteiger partial charge is 0.0931 e. The van der Waals surface area contributed by atoms with Crippen LogP contribution in [-0.2, 0) is 6.54 Å². The van der Waals surface area contributed by atoms with Gasteiger partial charge in [-0.1, -0.05) is 12.1 Å². The predicted molar refractivity (Wildman–Crippen MR) is 76.9 cm³/mol. The van der Waals surface area contributed by atoms with Crippen molar-refractivity contribution in [2.24, 2.45) is 0 Å². The standard InChI is InChI=1S/C15H20N4/c1-19(10-9-16-13-5-6-13)11-12-3-2-4-14-15(12)18-8-7-17-14/h2-4,7-8,13,16H,5-6,9-11H2,1H3. The normalized spacial score (nSPS) is 15.3. The van der Waals surface area contributed by atoms with Crippen molar-refractivity contribution in [2.45, 2.75) is 25.4 Å². The summed E-state index contributed by atoms with van der Waals surface area (Å²) in [5, 5.41) is 3.54. The molecule has 0 atom stereocenters. The zero-order chi connectivity index (χ0) is 13.1. The first kappa shape index (κ1) is 12.5. The number of hydrogen-bond acceptors (Lipinski definition) is 4. The Hall–Kier alpha value is -1.52. The molecule has 4 heteroatoms. The quantitative estimate of drug-likeness (QED) is 0.856. The van der Waals surface area contributed by atoms with E-state index < -0.39 is 0 Å². The summed E-state index contributed by atoms with van der Waals surface area (Å²) in [7, 11) is 2.16. The van der Waals surface area contributed by atoms with Crippen LogP contribution in [0, 0.1) is 0 Å². The Morgan fingerprint density at radius 1 is 1.26 bits per heavy atom. The molecular weight excluding hydrogens is 236 g/mol. The van der Waals surface area contributed by atoms with Crippen LogP contribution in [-0.4, -0.2) is 41.0 Å². The molecule has 0 amide bonds. The number of nitrogens with zero attached hydrogens (tertiary/aromatic N) is 3. The molecule has 1 aromatic heterocycles. The Labute approximate surface area is 113 Å². The number of fused-ring (bicyclic) bond motifs is 1. The summed E-state index contributed by atoms with van der Waals surface area (Å²) in [4.78, 5) is 11.1. The first-order valence-electron chi connectivity index (χ1n) is 6.93. The lowest BCUT2D eigenvalue weighted by molar-refractivity contribution is 0.325. The molecule has 0 spiro atoms. The highest BCUT2D eigenvalue weighted by molar-refractivity contribution is 5.77. The molecule has 0 unspecified atom stereocenters. The number of benzene rings is 1. The topological polar surface area (TPSA) is 41.0 Å². The fourth-order valence-electron chi connectivity index (χ4n) is 2.30. The molecule has 2 aromatic rings. The fraction of sp³-hybridized carbons (Fsp3) is 0.467. The summed E-state index contributed by atoms with van der Waals surface area (Å²) >= 11 is 0. The molecule has 1 saturated carbocycles. The third-order valence-corrected chi connectivity index (χ3v) is 3.53. The molecule has 1 fully saturated rings. The average Bonchev–Trinajstić information content (AvgIpc) is 3.23. The molecule has 0 saturated heterocycles. The van der Waals surface area contributed by atoms with Crippen molar-refractivity contribution in [3.05, 3.63) is 36.2 Å². The van der Waals surface area contributed by atoms with Gasteiger partial charge in [0.1, 0.15) is 0 Å². The molecule has 19 heavy (non-hydrogen) atoms. The van der Waals surface area contributed by atoms with Crippen molar-refractivity contribution in [1.29, 1.82) is 0 Å². The number of aromatic nitrogens is 2. The first-order valence-corrected chi connectivity index (χ1v) is 6.93. The second-order valence-corrected chi connectivity index (χ2v) is 5.31. The third kappa shape index (κ3) is 3.28. The van der Waals surface area contributed by atoms with Gasteiger partial charge in [-0.25, -0.2) is 0 Å². The largest absolute Gasteiger partial charge is 0.313 e. The van der Waals surface area contributed by atoms with Crippen molar-refractivity contribution in [1.82, 2.24) is 20.2 Å². The van der Waals surface area contributed by atoms with E-state index in [9.17, 15) is 0 Å². The molecule has 1 heterocycles. The van der Waals surface area contributed by atoms with Crippen LogP contribution in [0.25, 0.3) is 11.0 Å². The number of likely N-dealkylation sites (N-methyl/N-ethyl adjacent to an activating group) is 1. The summed E-state index contributed by atoms with van der Waals surface area (Å²) in [5.74, 6) is 0. The maximum atomic E-state index is 4.45. The number of rotatable bonds is 6. The molecule has 1 aliphatic rings. The Balaban J connectivity index is 1.63. The summed E-state index contributed by atoms with van der Waals surface area (Å²) in [6.07, 6.45) is 6.21. The van der Waals surface area contributed by atoms with E-state index in [1.54, 1.807) is 12.4 Å². The van der Waals surface area contributed by atoms with Crippen molar-refractivity contribution in [3.8, 4) is 0 Å². The summed E-state index contributed by atoms with van der Waals surface area (Å²) < 4.78 is 0. The minimum atomic E-state index is 0.789. The Morgan fingerprint density at radius 2 is 2.11 bits per heavy atom. The van der Waals surface area contributed by atoms with Gasteiger partial charge in [0.2, 0.25) is 0 Å². The van der Waals surface area contributed by atoms with Crippen LogP contribution in [0.1, 0.15) is 18.4 Å². The van der Waals surface area contributed by atoms with Gasteiger partial charge in [-0.2, -0.15) is 0 Å². The van der Waals surface area contributed by atoms with Gasteiger partial charge in [-0.05, 0) is 31.5 Å². The van der Waals surface area contributed by atoms with Gasteiger partial charge < -0.3 is 10.2 Å². The van der Waals surface area contributed by atoms with Gasteiger partial charge in [-0.15, -0.1) is 0 Å². The molecule has 1 N–H and O–H groups in total. The molecule has 0 radical (unpaired) electrons. The zero-order valence-corrected chi connectivity index (χ0v) is 11.3. The second-order valence-electron chi connectivity index (χ2n) is 5.31. The lowest BCUT2D eigenvalue weighted by atomic mass is 10.1. The van der Waals surface area contributed by atoms with Gasteiger partial charge in [0.05, 0.1) is 11.0 Å². The van der Waals surface area contributed by atoms with E-state index in [4.69, 9.17) is 0 Å². The molecule has 0 aliphatic heterocycles. The predicted octanol–water partition coefficient (Wildman–Crippen LogP) is 1.81. The number of nitrogens with one attached hydrogen (secondary N) is 1. The highest BCUT2D eigenvalue weighted by Gasteiger charge is 2.19. The SMILES string of the molecule is CN(CCNC1CC1)Cc1cccc2nccnc12. The lowest BCUT2D eigenvalue weighted by Gasteiger charge is -2.17. The van der Waals surface area contributed by atoms with Crippen LogP contribution in [0.3, 0.4) is 0 Å². The van der Waals surface area contributed by atoms with Crippen LogP contribution >= 0.6 is 0 Å². The monoisotopic (exact) mass is 256 g/mol. The molecule has 100 valence electrons. The van der Waals surface area contributed by atoms with Crippen LogP contribution in [0.5, 0.6) is 0 Å². The molecule has 1 aliphatic carbocycles. The van der Waals surface area contributed by atoms with Crippen LogP contribution in [0.4, 0.5) is 0 Å². The highest BCUT2D eigenvalue weighted by Crippen LogP contribution is 2.18. The number of para-hydroxylation sites is 1. The van der Waals surface area contributed by atoms with E-state index in [1.165, 1.54) is 18.4 Å². The van der Waals surface area contributed by atoms with Crippen LogP contribution in [0.15, 0.2) is 30.6 Å². The zero-order valence-electron chi connectivity index (χ0n) is 11.3. The molecular formula is C15H20N4. The molecule has 1 aromatic carbocycles. The summed E-state index contributed by atoms with van der Waals surface area (Å²) in [6, 6.07) is 7.00. The molecule has 0 bridgehead atoms. The summed E-state index contributed by atoms with van der Waals surface area (Å²) in [5.41, 5.74) is 3.25. The van der Waals surface area contributed by atoms with E-state index in [-0.39, 0.29) is 0 Å². The third-order valence-electron chi connectivity index (χ3n) is 3.53. The minimum absolute atomic E-state index is 0.789. The van der Waals surface area contributed by atoms with E-state index in [1.807, 2.05) is 6.07 Å². The van der Waals surface area contributed by atoms with Crippen molar-refractivity contribution < 1.29 is 0 Å². The maximum absolute atomic E-state index is 4.45. The maximum Gasteiger partial charge on any atom is 0.0931 e. The van der Waals surface area contributed by atoms with Crippen molar-refractivity contribution in [2.75, 3.05) is 20.1 Å². The average molecular weight is 256 g/mol. The second kappa shape index (κ2) is 5.63. The van der Waals surface area contributed by atoms with E-state index in [0.717, 1.165) is 36.7 Å². The lowest BCUT2D eigenvalue weighted by Crippen LogP contribution is -2.30. The van der Waals surface area contributed by atoms with E-state index in [0.29, 0.717) is 0 Å². The van der Waals surface area contributed by atoms with Gasteiger partial charge >= 0.3 is 0 Å². The highest BCUT2D eigenvalue weighted by atomic mass is 15.1. The van der Waals surface area contributed by atoms with Gasteiger partial charge in [-0.3, -0.25) is 9.97 Å². The van der Waals surface area contributed by atoms with E-state index in [2.05, 4.69) is 39.4 Å². The molecule has 4 nitrogen and oxygen atoms in total. The van der Waals surface area contributed by atoms with E-state index >= 15 is 0 Å². The van der Waals surface area contributed by atoms with Crippen molar-refractivity contribution >= 4 is 11.0 Å². The Bertz CT molecular complexity index is 545. The Morgan fingerprint density at radius 3 is 2.95 bits per heavy atom. The molecule has 3 rings (SSSR count). The first-order chi connectivity index (χ1) is 9.33. The van der Waals surface area contributed by atoms with Crippen LogP contribution < -0.4 is 5.32 Å². The fourth-order valence-corrected chi connectivity index (χ4v) is 2.30. The van der Waals surface area contributed by atoms with Crippen molar-refractivity contribution in [3.63, 3.8) is 0 Å². The number of hydrogen-bond donors (Lipinski definition) is 1. The van der Waals surface area contributed by atoms with Gasteiger partial charge in [0.25, 0.3) is 0 Å². The van der Waals surface area contributed by atoms with Gasteiger partial charge in [0, 0.05) is 38.1 Å². The Kier molecular flexibility index (Phi) is 3.71. The van der Waals surface area contributed by atoms with Crippen LogP contribution in [0.2, 0.25) is 0 Å². The minimum Gasteiger partial charge on any atom is -0.313 e.